The standard InChI is InChI=1S/C16H15N3O.C12H7ClN2O.CH4/c1-2-6-12(7-3-1)15-17-13-8-9-14(18-16(13)20-15)19-10-4-5-11-19;13-10-7-6-9-12(15-10)16-11(14-9)8-4-2-1-3-5-8;/h1-3,6-9H,4-5,10-11H2;1-7H;1H4. The van der Waals surface area contributed by atoms with E-state index in [-0.39, 0.29) is 7.43 Å². The molecule has 6 aromatic rings. The van der Waals surface area contributed by atoms with Gasteiger partial charge in [-0.2, -0.15) is 9.97 Å². The van der Waals surface area contributed by atoms with Gasteiger partial charge in [-0.3, -0.25) is 0 Å². The summed E-state index contributed by atoms with van der Waals surface area (Å²) < 4.78 is 11.3. The number of aromatic nitrogens is 4. The molecule has 1 saturated heterocycles. The van der Waals surface area contributed by atoms with Crippen molar-refractivity contribution in [2.45, 2.75) is 20.3 Å². The van der Waals surface area contributed by atoms with Crippen LogP contribution in [-0.4, -0.2) is 33.0 Å². The molecule has 2 aromatic carbocycles. The molecule has 0 atom stereocenters. The molecule has 0 radical (unpaired) electrons. The monoisotopic (exact) mass is 511 g/mol. The number of fused-ring (bicyclic) bond motifs is 2. The third-order valence-electron chi connectivity index (χ3n) is 5.93. The average Bonchev–Trinajstić information content (AvgIpc) is 3.69. The molecule has 186 valence electrons. The number of benzene rings is 2. The molecule has 4 aromatic heterocycles. The molecule has 1 aliphatic heterocycles. The smallest absolute Gasteiger partial charge is 0.249 e. The maximum atomic E-state index is 5.81. The van der Waals surface area contributed by atoms with Crippen LogP contribution in [0.4, 0.5) is 5.82 Å². The first kappa shape index (κ1) is 24.5. The van der Waals surface area contributed by atoms with Gasteiger partial charge in [0, 0.05) is 24.2 Å². The fourth-order valence-corrected chi connectivity index (χ4v) is 4.27. The van der Waals surface area contributed by atoms with Gasteiger partial charge in [-0.25, -0.2) is 9.97 Å². The first-order chi connectivity index (χ1) is 17.7. The molecule has 1 aliphatic rings. The minimum Gasteiger partial charge on any atom is -0.418 e. The van der Waals surface area contributed by atoms with E-state index in [9.17, 15) is 0 Å². The Kier molecular flexibility index (Phi) is 7.14. The van der Waals surface area contributed by atoms with E-state index >= 15 is 0 Å². The normalized spacial score (nSPS) is 12.8. The molecule has 0 N–H and O–H groups in total. The zero-order valence-corrected chi connectivity index (χ0v) is 20.1. The fourth-order valence-electron chi connectivity index (χ4n) is 4.13. The molecule has 0 saturated carbocycles. The van der Waals surface area contributed by atoms with E-state index in [1.54, 1.807) is 12.1 Å². The molecule has 5 heterocycles. The van der Waals surface area contributed by atoms with Crippen LogP contribution in [0, 0.1) is 0 Å². The molecule has 0 aliphatic carbocycles. The van der Waals surface area contributed by atoms with E-state index in [0.29, 0.717) is 33.9 Å². The zero-order chi connectivity index (χ0) is 24.3. The number of nitrogens with zero attached hydrogens (tertiary/aromatic N) is 5. The van der Waals surface area contributed by atoms with Crippen LogP contribution in [0.3, 0.4) is 0 Å². The van der Waals surface area contributed by atoms with Gasteiger partial charge in [-0.1, -0.05) is 55.4 Å². The summed E-state index contributed by atoms with van der Waals surface area (Å²) in [4.78, 5) is 19.8. The Balaban J connectivity index is 0.000000151. The molecular weight excluding hydrogens is 486 g/mol. The van der Waals surface area contributed by atoms with Crippen LogP contribution >= 0.6 is 11.6 Å². The highest BCUT2D eigenvalue weighted by Crippen LogP contribution is 2.26. The summed E-state index contributed by atoms with van der Waals surface area (Å²) in [7, 11) is 0. The lowest BCUT2D eigenvalue weighted by atomic mass is 10.2. The van der Waals surface area contributed by atoms with E-state index in [2.05, 4.69) is 24.8 Å². The number of oxazole rings is 2. The lowest BCUT2D eigenvalue weighted by Gasteiger charge is -2.15. The van der Waals surface area contributed by atoms with Gasteiger partial charge in [0.25, 0.3) is 0 Å². The Morgan fingerprint density at radius 3 is 1.68 bits per heavy atom. The van der Waals surface area contributed by atoms with Crippen LogP contribution in [0.15, 0.2) is 93.8 Å². The predicted molar refractivity (Wildman–Crippen MR) is 148 cm³/mol. The molecule has 7 rings (SSSR count). The summed E-state index contributed by atoms with van der Waals surface area (Å²) in [6.07, 6.45) is 2.48. The molecular formula is C29H26ClN5O2. The second-order valence-electron chi connectivity index (χ2n) is 8.42. The molecule has 37 heavy (non-hydrogen) atoms. The summed E-state index contributed by atoms with van der Waals surface area (Å²) >= 11 is 5.78. The zero-order valence-electron chi connectivity index (χ0n) is 19.3. The third-order valence-corrected chi connectivity index (χ3v) is 6.14. The van der Waals surface area contributed by atoms with Gasteiger partial charge >= 0.3 is 0 Å². The van der Waals surface area contributed by atoms with Crippen molar-refractivity contribution < 1.29 is 8.83 Å². The first-order valence-electron chi connectivity index (χ1n) is 11.8. The van der Waals surface area contributed by atoms with Crippen LogP contribution in [0.2, 0.25) is 5.15 Å². The third kappa shape index (κ3) is 5.32. The highest BCUT2D eigenvalue weighted by atomic mass is 35.5. The van der Waals surface area contributed by atoms with Crippen molar-refractivity contribution in [3.8, 4) is 22.9 Å². The Morgan fingerprint density at radius 1 is 0.595 bits per heavy atom. The fraction of sp³-hybridized carbons (Fsp3) is 0.172. The van der Waals surface area contributed by atoms with Crippen molar-refractivity contribution >= 4 is 39.9 Å². The Hall–Kier alpha value is -4.23. The minimum atomic E-state index is 0. The summed E-state index contributed by atoms with van der Waals surface area (Å²) in [6.45, 7) is 2.16. The highest BCUT2D eigenvalue weighted by Gasteiger charge is 2.16. The van der Waals surface area contributed by atoms with E-state index < -0.39 is 0 Å². The molecule has 0 amide bonds. The Labute approximate surface area is 219 Å². The van der Waals surface area contributed by atoms with E-state index in [1.165, 1.54) is 12.8 Å². The second kappa shape index (κ2) is 10.8. The Morgan fingerprint density at radius 2 is 1.11 bits per heavy atom. The van der Waals surface area contributed by atoms with Gasteiger partial charge in [0.2, 0.25) is 23.2 Å². The SMILES string of the molecule is C.Clc1ccc2nc(-c3ccccc3)oc2n1.c1ccc(-c2nc3ccc(N4CCCC4)nc3o2)cc1. The highest BCUT2D eigenvalue weighted by molar-refractivity contribution is 6.29. The van der Waals surface area contributed by atoms with E-state index in [4.69, 9.17) is 20.4 Å². The summed E-state index contributed by atoms with van der Waals surface area (Å²) in [5, 5.41) is 0.406. The van der Waals surface area contributed by atoms with Crippen molar-refractivity contribution in [2.75, 3.05) is 18.0 Å². The van der Waals surface area contributed by atoms with E-state index in [0.717, 1.165) is 35.6 Å². The second-order valence-corrected chi connectivity index (χ2v) is 8.80. The van der Waals surface area contributed by atoms with Crippen molar-refractivity contribution in [3.63, 3.8) is 0 Å². The quantitative estimate of drug-likeness (QED) is 0.225. The van der Waals surface area contributed by atoms with Gasteiger partial charge in [0.1, 0.15) is 22.0 Å². The maximum Gasteiger partial charge on any atom is 0.249 e. The number of hydrogen-bond donors (Lipinski definition) is 0. The molecule has 0 spiro atoms. The van der Waals surface area contributed by atoms with Gasteiger partial charge in [-0.05, 0) is 61.4 Å². The van der Waals surface area contributed by atoms with Gasteiger partial charge < -0.3 is 13.7 Å². The molecule has 8 heteroatoms. The van der Waals surface area contributed by atoms with E-state index in [1.807, 2.05) is 72.8 Å². The number of pyridine rings is 2. The molecule has 0 bridgehead atoms. The van der Waals surface area contributed by atoms with Gasteiger partial charge in [0.05, 0.1) is 0 Å². The summed E-state index contributed by atoms with van der Waals surface area (Å²) in [6, 6.07) is 27.1. The number of rotatable bonds is 3. The lowest BCUT2D eigenvalue weighted by molar-refractivity contribution is 0.607. The van der Waals surface area contributed by atoms with Gasteiger partial charge in [-0.15, -0.1) is 0 Å². The largest absolute Gasteiger partial charge is 0.418 e. The minimum absolute atomic E-state index is 0. The molecule has 0 unspecified atom stereocenters. The van der Waals surface area contributed by atoms with Crippen molar-refractivity contribution in [1.82, 2.24) is 19.9 Å². The molecule has 1 fully saturated rings. The lowest BCUT2D eigenvalue weighted by Crippen LogP contribution is -2.18. The number of anilines is 1. The van der Waals surface area contributed by atoms with Crippen LogP contribution < -0.4 is 4.90 Å². The van der Waals surface area contributed by atoms with Crippen LogP contribution in [0.5, 0.6) is 0 Å². The predicted octanol–water partition coefficient (Wildman–Crippen LogP) is 7.67. The topological polar surface area (TPSA) is 81.1 Å². The van der Waals surface area contributed by atoms with Crippen molar-refractivity contribution in [1.29, 1.82) is 0 Å². The number of halogens is 1. The Bertz CT molecular complexity index is 1610. The van der Waals surface area contributed by atoms with Crippen LogP contribution in [0.25, 0.3) is 45.4 Å². The number of hydrogen-bond acceptors (Lipinski definition) is 7. The average molecular weight is 512 g/mol. The summed E-state index contributed by atoms with van der Waals surface area (Å²) in [5.74, 6) is 2.18. The summed E-state index contributed by atoms with van der Waals surface area (Å²) in [5.41, 5.74) is 4.51. The molecule has 7 nitrogen and oxygen atoms in total. The van der Waals surface area contributed by atoms with Gasteiger partial charge in [0.15, 0.2) is 0 Å². The van der Waals surface area contributed by atoms with Crippen molar-refractivity contribution in [3.05, 3.63) is 90.1 Å². The van der Waals surface area contributed by atoms with Crippen molar-refractivity contribution in [2.24, 2.45) is 0 Å². The van der Waals surface area contributed by atoms with Crippen LogP contribution in [0.1, 0.15) is 20.3 Å². The first-order valence-corrected chi connectivity index (χ1v) is 12.2. The van der Waals surface area contributed by atoms with Crippen LogP contribution in [-0.2, 0) is 0 Å². The maximum absolute atomic E-state index is 5.81.